The summed E-state index contributed by atoms with van der Waals surface area (Å²) in [6.45, 7) is 5.78. The molecule has 0 saturated heterocycles. The van der Waals surface area contributed by atoms with E-state index in [4.69, 9.17) is 0 Å². The minimum atomic E-state index is 0.0579. The van der Waals surface area contributed by atoms with Crippen molar-refractivity contribution in [1.82, 2.24) is 20.1 Å². The van der Waals surface area contributed by atoms with Gasteiger partial charge in [0.05, 0.1) is 10.6 Å². The highest BCUT2D eigenvalue weighted by Gasteiger charge is 2.15. The first-order valence-electron chi connectivity index (χ1n) is 8.22. The van der Waals surface area contributed by atoms with Crippen LogP contribution in [0.1, 0.15) is 39.5 Å². The molecule has 0 aliphatic heterocycles. The molecule has 0 unspecified atom stereocenters. The summed E-state index contributed by atoms with van der Waals surface area (Å²) in [5.74, 6) is 1.29. The minimum Gasteiger partial charge on any atom is -0.355 e. The molecule has 1 N–H and O–H groups in total. The van der Waals surface area contributed by atoms with E-state index in [-0.39, 0.29) is 5.91 Å². The summed E-state index contributed by atoms with van der Waals surface area (Å²) in [6, 6.07) is 2.04. The summed E-state index contributed by atoms with van der Waals surface area (Å²) in [7, 11) is 0. The van der Waals surface area contributed by atoms with Gasteiger partial charge in [-0.15, -0.1) is 21.5 Å². The van der Waals surface area contributed by atoms with E-state index in [0.29, 0.717) is 5.75 Å². The largest absolute Gasteiger partial charge is 0.355 e. The van der Waals surface area contributed by atoms with Crippen molar-refractivity contribution < 1.29 is 4.79 Å². The molecule has 2 aromatic rings. The lowest BCUT2D eigenvalue weighted by Crippen LogP contribution is -2.26. The number of rotatable bonds is 10. The number of thiophene rings is 1. The minimum absolute atomic E-state index is 0.0579. The maximum Gasteiger partial charge on any atom is 0.230 e. The van der Waals surface area contributed by atoms with E-state index >= 15 is 0 Å². The van der Waals surface area contributed by atoms with Crippen molar-refractivity contribution in [2.45, 2.75) is 51.2 Å². The average molecular weight is 431 g/mol. The molecule has 0 aromatic carbocycles. The molecule has 0 saturated carbocycles. The number of hydrogen-bond donors (Lipinski definition) is 1. The molecular formula is C16H23BrN4OS2. The van der Waals surface area contributed by atoms with E-state index in [1.807, 2.05) is 11.4 Å². The third kappa shape index (κ3) is 5.60. The van der Waals surface area contributed by atoms with Gasteiger partial charge in [0.15, 0.2) is 11.0 Å². The number of unbranched alkanes of at least 4 members (excludes halogenated alkanes) is 3. The van der Waals surface area contributed by atoms with Gasteiger partial charge in [-0.25, -0.2) is 0 Å². The highest BCUT2D eigenvalue weighted by Crippen LogP contribution is 2.30. The fourth-order valence-corrected chi connectivity index (χ4v) is 4.51. The Morgan fingerprint density at radius 1 is 1.33 bits per heavy atom. The molecule has 0 spiro atoms. The number of nitrogens with one attached hydrogen (secondary N) is 1. The normalized spacial score (nSPS) is 11.0. The molecule has 1 amide bonds. The molecule has 8 heteroatoms. The molecule has 5 nitrogen and oxygen atoms in total. The van der Waals surface area contributed by atoms with Gasteiger partial charge in [0.25, 0.3) is 0 Å². The molecule has 24 heavy (non-hydrogen) atoms. The summed E-state index contributed by atoms with van der Waals surface area (Å²) < 4.78 is 3.10. The molecule has 2 heterocycles. The Bertz CT molecular complexity index is 656. The van der Waals surface area contributed by atoms with Gasteiger partial charge < -0.3 is 9.88 Å². The van der Waals surface area contributed by atoms with Crippen molar-refractivity contribution in [3.8, 4) is 10.7 Å². The fraction of sp³-hybridized carbons (Fsp3) is 0.562. The fourth-order valence-electron chi connectivity index (χ4n) is 2.25. The molecule has 2 aromatic heterocycles. The first-order chi connectivity index (χ1) is 11.7. The van der Waals surface area contributed by atoms with E-state index in [2.05, 4.69) is 49.9 Å². The van der Waals surface area contributed by atoms with Crippen LogP contribution in [-0.4, -0.2) is 33.0 Å². The SMILES string of the molecule is CCCCCCNC(=O)CSc1nnc(-c2cc(Br)cs2)n1CC. The van der Waals surface area contributed by atoms with Crippen molar-refractivity contribution in [1.29, 1.82) is 0 Å². The number of amides is 1. The van der Waals surface area contributed by atoms with Crippen LogP contribution >= 0.6 is 39.0 Å². The van der Waals surface area contributed by atoms with Crippen LogP contribution in [0, 0.1) is 0 Å². The highest BCUT2D eigenvalue weighted by molar-refractivity contribution is 9.10. The van der Waals surface area contributed by atoms with E-state index in [1.165, 1.54) is 31.0 Å². The summed E-state index contributed by atoms with van der Waals surface area (Å²) in [6.07, 6.45) is 4.66. The maximum absolute atomic E-state index is 11.9. The van der Waals surface area contributed by atoms with Crippen LogP contribution in [0.2, 0.25) is 0 Å². The monoisotopic (exact) mass is 430 g/mol. The van der Waals surface area contributed by atoms with Crippen molar-refractivity contribution in [3.63, 3.8) is 0 Å². The van der Waals surface area contributed by atoms with Gasteiger partial charge in [0, 0.05) is 22.9 Å². The standard InChI is InChI=1S/C16H23BrN4OS2/c1-3-5-6-7-8-18-14(22)11-24-16-20-19-15(21(16)4-2)13-9-12(17)10-23-13/h9-10H,3-8,11H2,1-2H3,(H,18,22). The Kier molecular flexibility index (Phi) is 8.28. The molecular weight excluding hydrogens is 408 g/mol. The van der Waals surface area contributed by atoms with Gasteiger partial charge in [-0.1, -0.05) is 37.9 Å². The van der Waals surface area contributed by atoms with Gasteiger partial charge in [-0.3, -0.25) is 4.79 Å². The summed E-state index contributed by atoms with van der Waals surface area (Å²) in [5.41, 5.74) is 0. The van der Waals surface area contributed by atoms with Crippen molar-refractivity contribution in [2.24, 2.45) is 0 Å². The molecule has 0 aliphatic rings. The highest BCUT2D eigenvalue weighted by atomic mass is 79.9. The zero-order valence-electron chi connectivity index (χ0n) is 14.0. The molecule has 0 fully saturated rings. The van der Waals surface area contributed by atoms with Gasteiger partial charge in [0.1, 0.15) is 0 Å². The van der Waals surface area contributed by atoms with Crippen LogP contribution in [0.25, 0.3) is 10.7 Å². The Morgan fingerprint density at radius 3 is 2.83 bits per heavy atom. The molecule has 2 rings (SSSR count). The smallest absolute Gasteiger partial charge is 0.230 e. The van der Waals surface area contributed by atoms with Crippen LogP contribution in [0.3, 0.4) is 0 Å². The molecule has 0 atom stereocenters. The van der Waals surface area contributed by atoms with Gasteiger partial charge >= 0.3 is 0 Å². The first-order valence-corrected chi connectivity index (χ1v) is 10.9. The van der Waals surface area contributed by atoms with E-state index in [0.717, 1.165) is 39.8 Å². The third-order valence-corrected chi connectivity index (χ3v) is 6.16. The molecule has 0 radical (unpaired) electrons. The lowest BCUT2D eigenvalue weighted by atomic mass is 10.2. The van der Waals surface area contributed by atoms with Gasteiger partial charge in [-0.2, -0.15) is 0 Å². The number of thioether (sulfide) groups is 1. The third-order valence-electron chi connectivity index (χ3n) is 3.51. The number of nitrogens with zero attached hydrogens (tertiary/aromatic N) is 3. The topological polar surface area (TPSA) is 59.8 Å². The van der Waals surface area contributed by atoms with E-state index in [1.54, 1.807) is 11.3 Å². The second-order valence-corrected chi connectivity index (χ2v) is 8.15. The second kappa shape index (κ2) is 10.2. The maximum atomic E-state index is 11.9. The zero-order valence-corrected chi connectivity index (χ0v) is 17.3. The number of aromatic nitrogens is 3. The van der Waals surface area contributed by atoms with Gasteiger partial charge in [-0.05, 0) is 35.3 Å². The number of hydrogen-bond acceptors (Lipinski definition) is 5. The molecule has 0 bridgehead atoms. The zero-order chi connectivity index (χ0) is 17.4. The van der Waals surface area contributed by atoms with E-state index < -0.39 is 0 Å². The van der Waals surface area contributed by atoms with Crippen LogP contribution in [0.5, 0.6) is 0 Å². The number of halogens is 1. The summed E-state index contributed by atoms with van der Waals surface area (Å²) in [5, 5.41) is 14.3. The number of carbonyl (C=O) groups is 1. The van der Waals surface area contributed by atoms with Crippen LogP contribution in [-0.2, 0) is 11.3 Å². The van der Waals surface area contributed by atoms with Crippen molar-refractivity contribution in [2.75, 3.05) is 12.3 Å². The Morgan fingerprint density at radius 2 is 2.17 bits per heavy atom. The lowest BCUT2D eigenvalue weighted by Gasteiger charge is -2.07. The van der Waals surface area contributed by atoms with E-state index in [9.17, 15) is 4.79 Å². The van der Waals surface area contributed by atoms with Crippen molar-refractivity contribution >= 4 is 44.9 Å². The molecule has 0 aliphatic carbocycles. The first kappa shape index (κ1) is 19.5. The van der Waals surface area contributed by atoms with Crippen molar-refractivity contribution in [3.05, 3.63) is 15.9 Å². The Balaban J connectivity index is 1.86. The lowest BCUT2D eigenvalue weighted by molar-refractivity contribution is -0.118. The Labute approximate surface area is 159 Å². The Hall–Kier alpha value is -0.860. The summed E-state index contributed by atoms with van der Waals surface area (Å²) in [4.78, 5) is 13.0. The average Bonchev–Trinajstić information content (AvgIpc) is 3.18. The second-order valence-electron chi connectivity index (χ2n) is 5.38. The number of carbonyl (C=O) groups excluding carboxylic acids is 1. The summed E-state index contributed by atoms with van der Waals surface area (Å²) >= 11 is 6.54. The predicted molar refractivity (Wildman–Crippen MR) is 105 cm³/mol. The quantitative estimate of drug-likeness (QED) is 0.442. The van der Waals surface area contributed by atoms with Crippen LogP contribution < -0.4 is 5.32 Å². The molecule has 132 valence electrons. The van der Waals surface area contributed by atoms with Gasteiger partial charge in [0.2, 0.25) is 5.91 Å². The van der Waals surface area contributed by atoms with Crippen LogP contribution in [0.15, 0.2) is 21.1 Å². The predicted octanol–water partition coefficient (Wildman–Crippen LogP) is 4.58. The van der Waals surface area contributed by atoms with Crippen LogP contribution in [0.4, 0.5) is 0 Å².